The first-order valence-corrected chi connectivity index (χ1v) is 8.87. The lowest BCUT2D eigenvalue weighted by atomic mass is 10.1. The number of carbonyl (C=O) groups excluding carboxylic acids is 2. The Hall–Kier alpha value is -3.17. The Labute approximate surface area is 159 Å². The Morgan fingerprint density at radius 2 is 1.96 bits per heavy atom. The molecule has 1 aliphatic heterocycles. The van der Waals surface area contributed by atoms with Crippen LogP contribution < -0.4 is 10.2 Å². The molecule has 1 atom stereocenters. The molecule has 2 aromatic carbocycles. The number of hydrogen-bond acceptors (Lipinski definition) is 4. The van der Waals surface area contributed by atoms with Crippen LogP contribution in [0.25, 0.3) is 0 Å². The van der Waals surface area contributed by atoms with Gasteiger partial charge in [-0.15, -0.1) is 0 Å². The number of nitrogens with zero attached hydrogens (tertiary/aromatic N) is 3. The van der Waals surface area contributed by atoms with Gasteiger partial charge in [-0.2, -0.15) is 5.26 Å². The van der Waals surface area contributed by atoms with Crippen LogP contribution in [0.1, 0.15) is 24.5 Å². The molecule has 1 N–H and O–H groups in total. The molecule has 0 bridgehead atoms. The van der Waals surface area contributed by atoms with E-state index in [0.29, 0.717) is 23.5 Å². The summed E-state index contributed by atoms with van der Waals surface area (Å²) in [4.78, 5) is 28.7. The van der Waals surface area contributed by atoms with E-state index in [1.54, 1.807) is 17.0 Å². The van der Waals surface area contributed by atoms with Gasteiger partial charge >= 0.3 is 0 Å². The van der Waals surface area contributed by atoms with E-state index in [1.807, 2.05) is 55.3 Å². The number of hydrogen-bond donors (Lipinski definition) is 1. The fraction of sp³-hybridized carbons (Fsp3) is 0.286. The van der Waals surface area contributed by atoms with Crippen LogP contribution in [0.5, 0.6) is 0 Å². The molecule has 138 valence electrons. The van der Waals surface area contributed by atoms with Crippen LogP contribution >= 0.6 is 0 Å². The Morgan fingerprint density at radius 1 is 1.26 bits per heavy atom. The minimum absolute atomic E-state index is 0.0802. The zero-order chi connectivity index (χ0) is 19.4. The van der Waals surface area contributed by atoms with E-state index in [4.69, 9.17) is 0 Å². The predicted octanol–water partition coefficient (Wildman–Crippen LogP) is 2.75. The molecule has 6 heteroatoms. The third-order valence-corrected chi connectivity index (χ3v) is 4.61. The molecule has 1 aliphatic rings. The van der Waals surface area contributed by atoms with Gasteiger partial charge in [0.25, 0.3) is 0 Å². The topological polar surface area (TPSA) is 76.4 Å². The average molecular weight is 362 g/mol. The van der Waals surface area contributed by atoms with Gasteiger partial charge in [0.2, 0.25) is 11.8 Å². The number of rotatable bonds is 4. The molecular formula is C21H22N4O2. The van der Waals surface area contributed by atoms with Gasteiger partial charge in [0, 0.05) is 19.0 Å². The van der Waals surface area contributed by atoms with Crippen LogP contribution in [0.15, 0.2) is 48.5 Å². The second-order valence-corrected chi connectivity index (χ2v) is 6.82. The highest BCUT2D eigenvalue weighted by Crippen LogP contribution is 2.31. The van der Waals surface area contributed by atoms with E-state index < -0.39 is 0 Å². The molecule has 0 spiro atoms. The first kappa shape index (κ1) is 18.6. The molecular weight excluding hydrogens is 340 g/mol. The molecule has 0 saturated heterocycles. The van der Waals surface area contributed by atoms with Crippen LogP contribution in [-0.4, -0.2) is 36.3 Å². The second kappa shape index (κ2) is 8.02. The first-order chi connectivity index (χ1) is 13.0. The number of benzene rings is 2. The number of nitrogens with one attached hydrogen (secondary N) is 1. The van der Waals surface area contributed by atoms with Gasteiger partial charge in [0.15, 0.2) is 0 Å². The molecule has 2 aromatic rings. The quantitative estimate of drug-likeness (QED) is 0.907. The summed E-state index contributed by atoms with van der Waals surface area (Å²) in [6, 6.07) is 16.7. The zero-order valence-corrected chi connectivity index (χ0v) is 15.5. The summed E-state index contributed by atoms with van der Waals surface area (Å²) in [5.41, 5.74) is 2.86. The number of likely N-dealkylation sites (N-methyl/N-ethyl adjacent to an activating group) is 1. The normalized spacial score (nSPS) is 16.3. The summed E-state index contributed by atoms with van der Waals surface area (Å²) in [7, 11) is 1.85. The number of amides is 2. The predicted molar refractivity (Wildman–Crippen MR) is 104 cm³/mol. The van der Waals surface area contributed by atoms with Gasteiger partial charge in [-0.25, -0.2) is 0 Å². The maximum atomic E-state index is 13.1. The third-order valence-electron chi connectivity index (χ3n) is 4.61. The first-order valence-electron chi connectivity index (χ1n) is 8.87. The van der Waals surface area contributed by atoms with Gasteiger partial charge in [-0.1, -0.05) is 30.3 Å². The van der Waals surface area contributed by atoms with Crippen molar-refractivity contribution in [3.8, 4) is 6.07 Å². The molecule has 2 amide bonds. The van der Waals surface area contributed by atoms with Crippen LogP contribution in [0.3, 0.4) is 0 Å². The Morgan fingerprint density at radius 3 is 2.74 bits per heavy atom. The second-order valence-electron chi connectivity index (χ2n) is 6.82. The molecule has 6 nitrogen and oxygen atoms in total. The lowest BCUT2D eigenvalue weighted by molar-refractivity contribution is -0.120. The molecule has 0 fully saturated rings. The number of para-hydroxylation sites is 2. The Kier molecular flexibility index (Phi) is 5.53. The Balaban J connectivity index is 1.78. The van der Waals surface area contributed by atoms with Gasteiger partial charge in [0.1, 0.15) is 0 Å². The summed E-state index contributed by atoms with van der Waals surface area (Å²) < 4.78 is 0. The van der Waals surface area contributed by atoms with Crippen molar-refractivity contribution >= 4 is 23.2 Å². The molecule has 0 saturated carbocycles. The summed E-state index contributed by atoms with van der Waals surface area (Å²) in [5, 5.41) is 12.1. The number of anilines is 2. The third kappa shape index (κ3) is 4.15. The van der Waals surface area contributed by atoms with Crippen molar-refractivity contribution in [3.63, 3.8) is 0 Å². The lowest BCUT2D eigenvalue weighted by Crippen LogP contribution is -2.44. The molecule has 0 radical (unpaired) electrons. The van der Waals surface area contributed by atoms with E-state index >= 15 is 0 Å². The molecule has 1 heterocycles. The SMILES string of the molecule is C[C@H]1CC(=O)Nc2ccccc2N1C(=O)CN(C)Cc1ccccc1C#N. The Bertz CT molecular complexity index is 903. The highest BCUT2D eigenvalue weighted by molar-refractivity contribution is 6.04. The summed E-state index contributed by atoms with van der Waals surface area (Å²) in [6.07, 6.45) is 0.251. The monoisotopic (exact) mass is 362 g/mol. The van der Waals surface area contributed by atoms with Crippen LogP contribution in [0, 0.1) is 11.3 Å². The molecule has 27 heavy (non-hydrogen) atoms. The van der Waals surface area contributed by atoms with Crippen LogP contribution in [-0.2, 0) is 16.1 Å². The lowest BCUT2D eigenvalue weighted by Gasteiger charge is -2.29. The van der Waals surface area contributed by atoms with E-state index in [0.717, 1.165) is 5.56 Å². The highest BCUT2D eigenvalue weighted by atomic mass is 16.2. The van der Waals surface area contributed by atoms with Crippen molar-refractivity contribution in [2.75, 3.05) is 23.8 Å². The fourth-order valence-corrected chi connectivity index (χ4v) is 3.39. The van der Waals surface area contributed by atoms with E-state index in [1.165, 1.54) is 0 Å². The summed E-state index contributed by atoms with van der Waals surface area (Å²) >= 11 is 0. The molecule has 3 rings (SSSR count). The van der Waals surface area contributed by atoms with Gasteiger partial charge in [-0.05, 0) is 37.7 Å². The maximum Gasteiger partial charge on any atom is 0.241 e. The van der Waals surface area contributed by atoms with E-state index in [2.05, 4.69) is 11.4 Å². The highest BCUT2D eigenvalue weighted by Gasteiger charge is 2.29. The average Bonchev–Trinajstić information content (AvgIpc) is 2.76. The van der Waals surface area contributed by atoms with Crippen LogP contribution in [0.2, 0.25) is 0 Å². The van der Waals surface area contributed by atoms with Crippen molar-refractivity contribution in [1.82, 2.24) is 4.90 Å². The smallest absolute Gasteiger partial charge is 0.241 e. The van der Waals surface area contributed by atoms with E-state index in [9.17, 15) is 14.9 Å². The van der Waals surface area contributed by atoms with Crippen molar-refractivity contribution in [2.45, 2.75) is 25.9 Å². The van der Waals surface area contributed by atoms with Gasteiger partial charge < -0.3 is 10.2 Å². The van der Waals surface area contributed by atoms with Crippen molar-refractivity contribution in [1.29, 1.82) is 5.26 Å². The van der Waals surface area contributed by atoms with E-state index in [-0.39, 0.29) is 30.8 Å². The minimum atomic E-state index is -0.235. The molecule has 0 unspecified atom stereocenters. The molecule has 0 aromatic heterocycles. The standard InChI is InChI=1S/C21H22N4O2/c1-15-11-20(26)23-18-9-5-6-10-19(18)25(15)21(27)14-24(2)13-17-8-4-3-7-16(17)12-22/h3-10,15H,11,13-14H2,1-2H3,(H,23,26)/t15-/m0/s1. The largest absolute Gasteiger partial charge is 0.324 e. The zero-order valence-electron chi connectivity index (χ0n) is 15.5. The summed E-state index contributed by atoms with van der Waals surface area (Å²) in [5.74, 6) is -0.176. The van der Waals surface area contributed by atoms with Crippen molar-refractivity contribution in [3.05, 3.63) is 59.7 Å². The van der Waals surface area contributed by atoms with Gasteiger partial charge in [0.05, 0.1) is 29.6 Å². The fourth-order valence-electron chi connectivity index (χ4n) is 3.39. The number of carbonyl (C=O) groups is 2. The van der Waals surface area contributed by atoms with Gasteiger partial charge in [-0.3, -0.25) is 14.5 Å². The van der Waals surface area contributed by atoms with Crippen LogP contribution in [0.4, 0.5) is 11.4 Å². The number of fused-ring (bicyclic) bond motifs is 1. The molecule has 0 aliphatic carbocycles. The minimum Gasteiger partial charge on any atom is -0.324 e. The number of nitriles is 1. The van der Waals surface area contributed by atoms with Crippen molar-refractivity contribution < 1.29 is 9.59 Å². The van der Waals surface area contributed by atoms with Crippen molar-refractivity contribution in [2.24, 2.45) is 0 Å². The summed E-state index contributed by atoms with van der Waals surface area (Å²) in [6.45, 7) is 2.56. The maximum absolute atomic E-state index is 13.1.